The average Bonchev–Trinajstić information content (AvgIpc) is 2.45. The zero-order valence-corrected chi connectivity index (χ0v) is 14.4. The second kappa shape index (κ2) is 8.02. The Hall–Kier alpha value is -0.540. The first-order valence-electron chi connectivity index (χ1n) is 6.77. The predicted molar refractivity (Wildman–Crippen MR) is 84.5 cm³/mol. The Morgan fingerprint density at radius 1 is 1.35 bits per heavy atom. The van der Waals surface area contributed by atoms with Crippen LogP contribution in [0, 0.1) is 5.92 Å². The summed E-state index contributed by atoms with van der Waals surface area (Å²) in [5.41, 5.74) is -1.04. The van der Waals surface area contributed by atoms with Crippen LogP contribution in [-0.4, -0.2) is 28.1 Å². The van der Waals surface area contributed by atoms with Gasteiger partial charge in [0.15, 0.2) is 0 Å². The molecule has 1 heterocycles. The van der Waals surface area contributed by atoms with Crippen molar-refractivity contribution in [3.8, 4) is 0 Å². The first kappa shape index (κ1) is 20.5. The van der Waals surface area contributed by atoms with Crippen LogP contribution < -0.4 is 10.0 Å². The van der Waals surface area contributed by atoms with Gasteiger partial charge < -0.3 is 5.32 Å². The van der Waals surface area contributed by atoms with Crippen LogP contribution in [0.15, 0.2) is 23.1 Å². The van der Waals surface area contributed by atoms with Crippen molar-refractivity contribution >= 4 is 34.0 Å². The number of nitrogens with one attached hydrogen (secondary N) is 2. The van der Waals surface area contributed by atoms with Crippen LogP contribution in [0.2, 0.25) is 5.02 Å². The van der Waals surface area contributed by atoms with Crippen molar-refractivity contribution in [3.05, 3.63) is 28.8 Å². The Bertz CT molecular complexity index is 633. The molecule has 1 unspecified atom stereocenters. The molecular weight excluding hydrogens is 376 g/mol. The van der Waals surface area contributed by atoms with E-state index in [2.05, 4.69) is 10.0 Å². The number of alkyl halides is 3. The second-order valence-corrected chi connectivity index (χ2v) is 7.35. The molecule has 1 fully saturated rings. The Balaban J connectivity index is 0.00000264. The average molecular weight is 393 g/mol. The van der Waals surface area contributed by atoms with E-state index in [9.17, 15) is 21.6 Å². The van der Waals surface area contributed by atoms with Crippen molar-refractivity contribution in [2.45, 2.75) is 23.9 Å². The standard InChI is InChI=1S/C13H16ClF3N2O2S.ClH/c14-11-4-3-10(13(15,16)17)6-12(11)22(20,21)19-8-9-2-1-5-18-7-9;/h3-4,6,9,18-19H,1-2,5,7-8H2;1H. The molecule has 0 amide bonds. The Kier molecular flexibility index (Phi) is 7.15. The van der Waals surface area contributed by atoms with Crippen LogP contribution in [0.5, 0.6) is 0 Å². The van der Waals surface area contributed by atoms with E-state index >= 15 is 0 Å². The van der Waals surface area contributed by atoms with Gasteiger partial charge in [-0.1, -0.05) is 11.6 Å². The maximum absolute atomic E-state index is 12.7. The third kappa shape index (κ3) is 5.49. The molecular formula is C13H17Cl2F3N2O2S. The summed E-state index contributed by atoms with van der Waals surface area (Å²) in [6.45, 7) is 1.74. The van der Waals surface area contributed by atoms with Crippen molar-refractivity contribution in [2.24, 2.45) is 5.92 Å². The Labute approximate surface area is 144 Å². The largest absolute Gasteiger partial charge is 0.416 e. The molecule has 1 aliphatic heterocycles. The lowest BCUT2D eigenvalue weighted by Gasteiger charge is -2.23. The van der Waals surface area contributed by atoms with E-state index in [1.807, 2.05) is 0 Å². The maximum atomic E-state index is 12.7. The first-order valence-corrected chi connectivity index (χ1v) is 8.63. The molecule has 0 bridgehead atoms. The SMILES string of the molecule is Cl.O=S(=O)(NCC1CCCNC1)c1cc(C(F)(F)F)ccc1Cl. The van der Waals surface area contributed by atoms with E-state index in [1.165, 1.54) is 0 Å². The molecule has 1 saturated heterocycles. The molecule has 4 nitrogen and oxygen atoms in total. The summed E-state index contributed by atoms with van der Waals surface area (Å²) in [4.78, 5) is -0.548. The van der Waals surface area contributed by atoms with Crippen LogP contribution >= 0.6 is 24.0 Å². The fraction of sp³-hybridized carbons (Fsp3) is 0.538. The number of halogens is 5. The molecule has 2 rings (SSSR count). The predicted octanol–water partition coefficient (Wildman–Crippen LogP) is 3.06. The molecule has 1 aromatic carbocycles. The minimum absolute atomic E-state index is 0. The minimum atomic E-state index is -4.62. The summed E-state index contributed by atoms with van der Waals surface area (Å²) >= 11 is 5.75. The topological polar surface area (TPSA) is 58.2 Å². The van der Waals surface area contributed by atoms with Gasteiger partial charge in [-0.15, -0.1) is 12.4 Å². The molecule has 1 aliphatic rings. The van der Waals surface area contributed by atoms with Crippen molar-refractivity contribution < 1.29 is 21.6 Å². The third-order valence-electron chi connectivity index (χ3n) is 3.51. The fourth-order valence-corrected chi connectivity index (χ4v) is 3.93. The van der Waals surface area contributed by atoms with E-state index in [1.54, 1.807) is 0 Å². The molecule has 1 aromatic rings. The molecule has 1 atom stereocenters. The van der Waals surface area contributed by atoms with Gasteiger partial charge in [0.25, 0.3) is 0 Å². The highest BCUT2D eigenvalue weighted by atomic mass is 35.5. The summed E-state index contributed by atoms with van der Waals surface area (Å²) in [5, 5.41) is 2.91. The van der Waals surface area contributed by atoms with Crippen LogP contribution in [0.3, 0.4) is 0 Å². The van der Waals surface area contributed by atoms with Gasteiger partial charge in [-0.3, -0.25) is 0 Å². The fourth-order valence-electron chi connectivity index (χ4n) is 2.29. The molecule has 0 aliphatic carbocycles. The van der Waals surface area contributed by atoms with Gasteiger partial charge in [-0.2, -0.15) is 13.2 Å². The van der Waals surface area contributed by atoms with Crippen LogP contribution in [-0.2, 0) is 16.2 Å². The molecule has 132 valence electrons. The summed E-state index contributed by atoms with van der Waals surface area (Å²) in [6.07, 6.45) is -2.81. The smallest absolute Gasteiger partial charge is 0.316 e. The summed E-state index contributed by atoms with van der Waals surface area (Å²) in [7, 11) is -4.08. The molecule has 0 radical (unpaired) electrons. The summed E-state index contributed by atoms with van der Waals surface area (Å²) < 4.78 is 64.8. The third-order valence-corrected chi connectivity index (χ3v) is 5.41. The second-order valence-electron chi connectivity index (χ2n) is 5.21. The van der Waals surface area contributed by atoms with Crippen molar-refractivity contribution in [2.75, 3.05) is 19.6 Å². The lowest BCUT2D eigenvalue weighted by molar-refractivity contribution is -0.137. The highest BCUT2D eigenvalue weighted by Crippen LogP contribution is 2.33. The quantitative estimate of drug-likeness (QED) is 0.827. The van der Waals surface area contributed by atoms with Gasteiger partial charge in [0.05, 0.1) is 10.6 Å². The monoisotopic (exact) mass is 392 g/mol. The molecule has 2 N–H and O–H groups in total. The Morgan fingerprint density at radius 3 is 2.61 bits per heavy atom. The number of piperidine rings is 1. The maximum Gasteiger partial charge on any atom is 0.416 e. The normalized spacial score (nSPS) is 19.2. The first-order chi connectivity index (χ1) is 10.2. The summed E-state index contributed by atoms with van der Waals surface area (Å²) in [6, 6.07) is 2.26. The van der Waals surface area contributed by atoms with E-state index in [0.717, 1.165) is 31.5 Å². The molecule has 23 heavy (non-hydrogen) atoms. The van der Waals surface area contributed by atoms with Gasteiger partial charge in [0.1, 0.15) is 4.90 Å². The van der Waals surface area contributed by atoms with Crippen LogP contribution in [0.4, 0.5) is 13.2 Å². The summed E-state index contributed by atoms with van der Waals surface area (Å²) in [5.74, 6) is 0.119. The lowest BCUT2D eigenvalue weighted by atomic mass is 10.0. The van der Waals surface area contributed by atoms with E-state index in [-0.39, 0.29) is 29.9 Å². The van der Waals surface area contributed by atoms with Crippen LogP contribution in [0.1, 0.15) is 18.4 Å². The highest BCUT2D eigenvalue weighted by molar-refractivity contribution is 7.89. The number of benzene rings is 1. The Morgan fingerprint density at radius 2 is 2.04 bits per heavy atom. The highest BCUT2D eigenvalue weighted by Gasteiger charge is 2.32. The number of sulfonamides is 1. The van der Waals surface area contributed by atoms with Crippen molar-refractivity contribution in [1.82, 2.24) is 10.0 Å². The zero-order chi connectivity index (χ0) is 16.4. The van der Waals surface area contributed by atoms with E-state index < -0.39 is 26.7 Å². The van der Waals surface area contributed by atoms with Crippen molar-refractivity contribution in [3.63, 3.8) is 0 Å². The number of rotatable bonds is 4. The van der Waals surface area contributed by atoms with Crippen molar-refractivity contribution in [1.29, 1.82) is 0 Å². The van der Waals surface area contributed by atoms with Gasteiger partial charge in [-0.05, 0) is 50.0 Å². The van der Waals surface area contributed by atoms with Gasteiger partial charge in [0, 0.05) is 6.54 Å². The van der Waals surface area contributed by atoms with E-state index in [4.69, 9.17) is 11.6 Å². The minimum Gasteiger partial charge on any atom is -0.316 e. The number of hydrogen-bond acceptors (Lipinski definition) is 3. The van der Waals surface area contributed by atoms with E-state index in [0.29, 0.717) is 12.6 Å². The molecule has 0 aromatic heterocycles. The molecule has 0 saturated carbocycles. The van der Waals surface area contributed by atoms with Crippen LogP contribution in [0.25, 0.3) is 0 Å². The van der Waals surface area contributed by atoms with Gasteiger partial charge in [-0.25, -0.2) is 13.1 Å². The molecule has 0 spiro atoms. The number of hydrogen-bond donors (Lipinski definition) is 2. The molecule has 10 heteroatoms. The van der Waals surface area contributed by atoms with Gasteiger partial charge >= 0.3 is 6.18 Å². The lowest BCUT2D eigenvalue weighted by Crippen LogP contribution is -2.38. The van der Waals surface area contributed by atoms with Gasteiger partial charge in [0.2, 0.25) is 10.0 Å². The zero-order valence-electron chi connectivity index (χ0n) is 12.0.